The molecule has 168 valence electrons. The monoisotopic (exact) mass is 429 g/mol. The number of methoxy groups -OCH3 is 1. The van der Waals surface area contributed by atoms with Crippen molar-refractivity contribution in [2.24, 2.45) is 5.92 Å². The maximum Gasteiger partial charge on any atom is 0.407 e. The summed E-state index contributed by atoms with van der Waals surface area (Å²) in [4.78, 5) is 33.0. The number of amides is 2. The largest absolute Gasteiger partial charge is 0.453 e. The van der Waals surface area contributed by atoms with E-state index in [2.05, 4.69) is 25.1 Å². The number of piperazine rings is 1. The molecule has 1 aromatic carbocycles. The van der Waals surface area contributed by atoms with Gasteiger partial charge in [-0.25, -0.2) is 4.79 Å². The van der Waals surface area contributed by atoms with Crippen molar-refractivity contribution >= 4 is 12.0 Å². The molecular weight excluding hydrogens is 398 g/mol. The first-order valence-corrected chi connectivity index (χ1v) is 10.6. The second kappa shape index (κ2) is 10.4. The van der Waals surface area contributed by atoms with E-state index in [1.165, 1.54) is 12.7 Å². The Balaban J connectivity index is 1.53. The zero-order valence-corrected chi connectivity index (χ0v) is 18.6. The second-order valence-electron chi connectivity index (χ2n) is 8.30. The summed E-state index contributed by atoms with van der Waals surface area (Å²) < 4.78 is 10.1. The van der Waals surface area contributed by atoms with Gasteiger partial charge in [0.1, 0.15) is 6.04 Å². The molecule has 2 aromatic rings. The van der Waals surface area contributed by atoms with Crippen molar-refractivity contribution in [1.82, 2.24) is 25.3 Å². The highest BCUT2D eigenvalue weighted by Crippen LogP contribution is 2.18. The lowest BCUT2D eigenvalue weighted by molar-refractivity contribution is -0.135. The zero-order chi connectivity index (χ0) is 22.4. The standard InChI is InChI=1S/C22H31N5O4/c1-15(2)13-18(23-22(29)30-4)21(28)27-11-9-26(10-12-27)14-19-24-20(25-31-19)17-7-5-16(3)6-8-17/h5-8,15,18H,9-14H2,1-4H3,(H,23,29). The minimum absolute atomic E-state index is 0.0711. The highest BCUT2D eigenvalue weighted by Gasteiger charge is 2.29. The van der Waals surface area contributed by atoms with Crippen LogP contribution in [0.15, 0.2) is 28.8 Å². The van der Waals surface area contributed by atoms with Crippen LogP contribution in [-0.2, 0) is 16.1 Å². The summed E-state index contributed by atoms with van der Waals surface area (Å²) in [5.74, 6) is 1.33. The highest BCUT2D eigenvalue weighted by atomic mass is 16.5. The molecule has 1 aliphatic rings. The third-order valence-corrected chi connectivity index (χ3v) is 5.30. The second-order valence-corrected chi connectivity index (χ2v) is 8.30. The van der Waals surface area contributed by atoms with Gasteiger partial charge in [0.05, 0.1) is 13.7 Å². The number of aryl methyl sites for hydroxylation is 1. The maximum absolute atomic E-state index is 12.9. The first-order valence-electron chi connectivity index (χ1n) is 10.6. The average molecular weight is 430 g/mol. The Morgan fingerprint density at radius 3 is 2.45 bits per heavy atom. The fraction of sp³-hybridized carbons (Fsp3) is 0.545. The Kier molecular flexibility index (Phi) is 7.62. The number of alkyl carbamates (subject to hydrolysis) is 1. The number of aromatic nitrogens is 2. The quantitative estimate of drug-likeness (QED) is 0.721. The van der Waals surface area contributed by atoms with Crippen LogP contribution in [-0.4, -0.2) is 71.3 Å². The van der Waals surface area contributed by atoms with E-state index in [-0.39, 0.29) is 11.8 Å². The Bertz CT molecular complexity index is 872. The van der Waals surface area contributed by atoms with Gasteiger partial charge in [0.25, 0.3) is 0 Å². The van der Waals surface area contributed by atoms with E-state index in [9.17, 15) is 9.59 Å². The summed E-state index contributed by atoms with van der Waals surface area (Å²) in [7, 11) is 1.30. The van der Waals surface area contributed by atoms with Crippen molar-refractivity contribution in [1.29, 1.82) is 0 Å². The zero-order valence-electron chi connectivity index (χ0n) is 18.6. The van der Waals surface area contributed by atoms with Gasteiger partial charge >= 0.3 is 6.09 Å². The molecule has 1 aliphatic heterocycles. The summed E-state index contributed by atoms with van der Waals surface area (Å²) in [5.41, 5.74) is 2.10. The van der Waals surface area contributed by atoms with Crippen molar-refractivity contribution in [2.75, 3.05) is 33.3 Å². The molecule has 3 rings (SSSR count). The number of ether oxygens (including phenoxy) is 1. The third-order valence-electron chi connectivity index (χ3n) is 5.30. The van der Waals surface area contributed by atoms with E-state index in [4.69, 9.17) is 4.52 Å². The van der Waals surface area contributed by atoms with Crippen LogP contribution < -0.4 is 5.32 Å². The highest BCUT2D eigenvalue weighted by molar-refractivity contribution is 5.85. The van der Waals surface area contributed by atoms with Crippen LogP contribution >= 0.6 is 0 Å². The fourth-order valence-corrected chi connectivity index (χ4v) is 3.57. The van der Waals surface area contributed by atoms with Gasteiger partial charge in [-0.2, -0.15) is 4.98 Å². The molecule has 0 bridgehead atoms. The van der Waals surface area contributed by atoms with E-state index in [1.807, 2.05) is 45.0 Å². The molecule has 1 fully saturated rings. The van der Waals surface area contributed by atoms with Gasteiger partial charge in [-0.15, -0.1) is 0 Å². The van der Waals surface area contributed by atoms with Crippen molar-refractivity contribution in [2.45, 2.75) is 39.8 Å². The van der Waals surface area contributed by atoms with Gasteiger partial charge in [0.15, 0.2) is 0 Å². The van der Waals surface area contributed by atoms with Crippen molar-refractivity contribution in [3.63, 3.8) is 0 Å². The first-order chi connectivity index (χ1) is 14.9. The number of nitrogens with zero attached hydrogens (tertiary/aromatic N) is 4. The number of carbonyl (C=O) groups is 2. The lowest BCUT2D eigenvalue weighted by Gasteiger charge is -2.36. The smallest absolute Gasteiger partial charge is 0.407 e. The molecular formula is C22H31N5O4. The molecule has 1 N–H and O–H groups in total. The lowest BCUT2D eigenvalue weighted by Crippen LogP contribution is -2.55. The Morgan fingerprint density at radius 2 is 1.84 bits per heavy atom. The molecule has 2 heterocycles. The lowest BCUT2D eigenvalue weighted by atomic mass is 10.0. The predicted octanol–water partition coefficient (Wildman–Crippen LogP) is 2.46. The summed E-state index contributed by atoms with van der Waals surface area (Å²) in [6.07, 6.45) is -0.0174. The van der Waals surface area contributed by atoms with Gasteiger partial charge in [-0.05, 0) is 19.3 Å². The third kappa shape index (κ3) is 6.27. The van der Waals surface area contributed by atoms with E-state index in [0.717, 1.165) is 5.56 Å². The summed E-state index contributed by atoms with van der Waals surface area (Å²) in [6, 6.07) is 7.41. The van der Waals surface area contributed by atoms with E-state index < -0.39 is 12.1 Å². The Morgan fingerprint density at radius 1 is 1.16 bits per heavy atom. The molecule has 9 nitrogen and oxygen atoms in total. The van der Waals surface area contributed by atoms with Gasteiger partial charge in [-0.1, -0.05) is 48.8 Å². The van der Waals surface area contributed by atoms with Crippen molar-refractivity contribution in [3.05, 3.63) is 35.7 Å². The van der Waals surface area contributed by atoms with Crippen LogP contribution in [0.5, 0.6) is 0 Å². The molecule has 0 radical (unpaired) electrons. The van der Waals surface area contributed by atoms with Crippen LogP contribution in [0.4, 0.5) is 4.79 Å². The molecule has 0 spiro atoms. The average Bonchev–Trinajstić information content (AvgIpc) is 3.21. The SMILES string of the molecule is COC(=O)NC(CC(C)C)C(=O)N1CCN(Cc2nc(-c3ccc(C)cc3)no2)CC1. The number of carbonyl (C=O) groups excluding carboxylic acids is 2. The van der Waals surface area contributed by atoms with Gasteiger partial charge in [-0.3, -0.25) is 9.69 Å². The van der Waals surface area contributed by atoms with Crippen LogP contribution in [0, 0.1) is 12.8 Å². The fourth-order valence-electron chi connectivity index (χ4n) is 3.57. The number of hydrogen-bond donors (Lipinski definition) is 1. The minimum atomic E-state index is -0.585. The van der Waals surface area contributed by atoms with E-state index in [0.29, 0.717) is 50.9 Å². The molecule has 0 aliphatic carbocycles. The molecule has 1 unspecified atom stereocenters. The molecule has 31 heavy (non-hydrogen) atoms. The van der Waals surface area contributed by atoms with Crippen LogP contribution in [0.3, 0.4) is 0 Å². The van der Waals surface area contributed by atoms with Crippen LogP contribution in [0.1, 0.15) is 31.7 Å². The van der Waals surface area contributed by atoms with Crippen molar-refractivity contribution in [3.8, 4) is 11.4 Å². The minimum Gasteiger partial charge on any atom is -0.453 e. The molecule has 1 aromatic heterocycles. The van der Waals surface area contributed by atoms with Gasteiger partial charge in [0, 0.05) is 31.7 Å². The van der Waals surface area contributed by atoms with E-state index >= 15 is 0 Å². The Hall–Kier alpha value is -2.94. The Labute approximate surface area is 182 Å². The maximum atomic E-state index is 12.9. The number of benzene rings is 1. The molecule has 9 heteroatoms. The first kappa shape index (κ1) is 22.7. The van der Waals surface area contributed by atoms with Gasteiger partial charge in [0.2, 0.25) is 17.6 Å². The van der Waals surface area contributed by atoms with Gasteiger partial charge < -0.3 is 19.5 Å². The molecule has 0 saturated carbocycles. The number of nitrogens with one attached hydrogen (secondary N) is 1. The topological polar surface area (TPSA) is 101 Å². The molecule has 1 atom stereocenters. The molecule has 1 saturated heterocycles. The summed E-state index contributed by atoms with van der Waals surface area (Å²) >= 11 is 0. The van der Waals surface area contributed by atoms with Crippen LogP contribution in [0.2, 0.25) is 0 Å². The summed E-state index contributed by atoms with van der Waals surface area (Å²) in [5, 5.41) is 6.75. The van der Waals surface area contributed by atoms with Crippen LogP contribution in [0.25, 0.3) is 11.4 Å². The number of rotatable bonds is 7. The van der Waals surface area contributed by atoms with E-state index in [1.54, 1.807) is 4.90 Å². The number of hydrogen-bond acceptors (Lipinski definition) is 7. The van der Waals surface area contributed by atoms with Crippen molar-refractivity contribution < 1.29 is 18.8 Å². The predicted molar refractivity (Wildman–Crippen MR) is 115 cm³/mol. The summed E-state index contributed by atoms with van der Waals surface area (Å²) in [6.45, 7) is 9.16. The normalized spacial score (nSPS) is 15.7. The molecule has 2 amide bonds.